The Bertz CT molecular complexity index is 1240. The molecule has 3 heterocycles. The lowest BCUT2D eigenvalue weighted by Gasteiger charge is -2.41. The summed E-state index contributed by atoms with van der Waals surface area (Å²) in [6, 6.07) is 16.1. The Hall–Kier alpha value is -3.49. The molecule has 2 aliphatic rings. The van der Waals surface area contributed by atoms with Gasteiger partial charge in [-0.15, -0.1) is 0 Å². The third-order valence-corrected chi connectivity index (χ3v) is 7.02. The normalized spacial score (nSPS) is 20.1. The number of aromatic nitrogens is 1. The molecule has 0 bridgehead atoms. The zero-order valence-electron chi connectivity index (χ0n) is 20.0. The fraction of sp³-hybridized carbons (Fsp3) is 0.370. The summed E-state index contributed by atoms with van der Waals surface area (Å²) < 4.78 is 12.3. The smallest absolute Gasteiger partial charge is 0.254 e. The van der Waals surface area contributed by atoms with Crippen molar-refractivity contribution in [2.45, 2.75) is 44.0 Å². The summed E-state index contributed by atoms with van der Waals surface area (Å²) >= 11 is 0. The average molecular weight is 475 g/mol. The third kappa shape index (κ3) is 4.35. The molecule has 5 rings (SSSR count). The van der Waals surface area contributed by atoms with Gasteiger partial charge in [0, 0.05) is 24.4 Å². The molecule has 0 unspecified atom stereocenters. The predicted molar refractivity (Wildman–Crippen MR) is 133 cm³/mol. The summed E-state index contributed by atoms with van der Waals surface area (Å²) in [5.41, 5.74) is 1.62. The van der Waals surface area contributed by atoms with Crippen LogP contribution in [-0.2, 0) is 20.9 Å². The van der Waals surface area contributed by atoms with E-state index in [-0.39, 0.29) is 11.8 Å². The summed E-state index contributed by atoms with van der Waals surface area (Å²) in [5, 5.41) is 6.96. The van der Waals surface area contributed by atoms with Gasteiger partial charge in [0.25, 0.3) is 5.91 Å². The zero-order valence-corrected chi connectivity index (χ0v) is 20.0. The van der Waals surface area contributed by atoms with Gasteiger partial charge in [0.15, 0.2) is 0 Å². The van der Waals surface area contributed by atoms with E-state index in [0.29, 0.717) is 44.0 Å². The SMILES string of the molecule is CN[C@@H](C)C(=O)N[C@@H]1C(=O)N(Cc2cccc3ncccc23)c2ccccc2OC12CCOCC2. The van der Waals surface area contributed by atoms with E-state index in [0.717, 1.165) is 16.5 Å². The summed E-state index contributed by atoms with van der Waals surface area (Å²) in [4.78, 5) is 33.5. The van der Waals surface area contributed by atoms with Gasteiger partial charge in [0.2, 0.25) is 5.91 Å². The van der Waals surface area contributed by atoms with Gasteiger partial charge in [-0.1, -0.05) is 30.3 Å². The van der Waals surface area contributed by atoms with Crippen LogP contribution in [0.4, 0.5) is 5.69 Å². The number of hydrogen-bond acceptors (Lipinski definition) is 6. The largest absolute Gasteiger partial charge is 0.482 e. The standard InChI is InChI=1S/C27H30N4O4/c1-18(28-2)25(32)30-24-26(33)31(17-19-7-5-9-21-20(19)8-6-14-29-21)22-10-3-4-11-23(22)35-27(24)12-15-34-16-13-27/h3-11,14,18,24,28H,12-13,15-17H2,1-2H3,(H,30,32)/t18-,24+/m0/s1. The molecular formula is C27H30N4O4. The molecule has 2 atom stereocenters. The van der Waals surface area contributed by atoms with Crippen molar-refractivity contribution in [2.75, 3.05) is 25.2 Å². The molecule has 0 saturated carbocycles. The Kier molecular flexibility index (Phi) is 6.40. The molecule has 1 saturated heterocycles. The molecule has 1 spiro atoms. The number of benzene rings is 2. The minimum Gasteiger partial charge on any atom is -0.482 e. The number of rotatable bonds is 5. The Balaban J connectivity index is 1.60. The van der Waals surface area contributed by atoms with Crippen LogP contribution in [0.2, 0.25) is 0 Å². The van der Waals surface area contributed by atoms with Crippen molar-refractivity contribution in [1.29, 1.82) is 0 Å². The van der Waals surface area contributed by atoms with Crippen LogP contribution in [0, 0.1) is 0 Å². The van der Waals surface area contributed by atoms with Gasteiger partial charge in [-0.25, -0.2) is 0 Å². The molecule has 1 fully saturated rings. The number of carbonyl (C=O) groups excluding carboxylic acids is 2. The van der Waals surface area contributed by atoms with Crippen molar-refractivity contribution < 1.29 is 19.1 Å². The molecule has 3 aromatic rings. The maximum absolute atomic E-state index is 14.3. The van der Waals surface area contributed by atoms with Gasteiger partial charge in [0.1, 0.15) is 17.4 Å². The number of nitrogens with one attached hydrogen (secondary N) is 2. The number of carbonyl (C=O) groups is 2. The number of anilines is 1. The second-order valence-corrected chi connectivity index (χ2v) is 9.11. The van der Waals surface area contributed by atoms with Crippen molar-refractivity contribution >= 4 is 28.4 Å². The topological polar surface area (TPSA) is 92.8 Å². The van der Waals surface area contributed by atoms with Crippen molar-refractivity contribution in [3.05, 3.63) is 66.4 Å². The molecule has 0 aliphatic carbocycles. The number of hydrogen-bond donors (Lipinski definition) is 2. The second kappa shape index (κ2) is 9.64. The first-order valence-corrected chi connectivity index (χ1v) is 12.0. The van der Waals surface area contributed by atoms with Crippen LogP contribution in [-0.4, -0.2) is 54.7 Å². The number of likely N-dealkylation sites (N-methyl/N-ethyl adjacent to an activating group) is 1. The minimum absolute atomic E-state index is 0.200. The minimum atomic E-state index is -0.899. The zero-order chi connectivity index (χ0) is 24.4. The highest BCUT2D eigenvalue weighted by Crippen LogP contribution is 2.41. The molecule has 8 heteroatoms. The van der Waals surface area contributed by atoms with Crippen LogP contribution in [0.3, 0.4) is 0 Å². The molecule has 2 N–H and O–H groups in total. The Morgan fingerprint density at radius 1 is 1.14 bits per heavy atom. The Morgan fingerprint density at radius 3 is 2.74 bits per heavy atom. The van der Waals surface area contributed by atoms with E-state index in [9.17, 15) is 9.59 Å². The van der Waals surface area contributed by atoms with Crippen molar-refractivity contribution in [3.8, 4) is 5.75 Å². The lowest BCUT2D eigenvalue weighted by molar-refractivity contribution is -0.138. The highest BCUT2D eigenvalue weighted by Gasteiger charge is 2.51. The maximum Gasteiger partial charge on any atom is 0.254 e. The highest BCUT2D eigenvalue weighted by molar-refractivity contribution is 6.02. The molecule has 8 nitrogen and oxygen atoms in total. The first kappa shape index (κ1) is 23.3. The molecule has 35 heavy (non-hydrogen) atoms. The van der Waals surface area contributed by atoms with E-state index < -0.39 is 17.7 Å². The van der Waals surface area contributed by atoms with Gasteiger partial charge >= 0.3 is 0 Å². The van der Waals surface area contributed by atoms with E-state index in [1.165, 1.54) is 0 Å². The lowest BCUT2D eigenvalue weighted by Crippen LogP contribution is -2.65. The predicted octanol–water partition coefficient (Wildman–Crippen LogP) is 2.80. The average Bonchev–Trinajstić information content (AvgIpc) is 2.98. The number of nitrogens with zero attached hydrogens (tertiary/aromatic N) is 2. The number of fused-ring (bicyclic) bond motifs is 2. The monoisotopic (exact) mass is 474 g/mol. The van der Waals surface area contributed by atoms with Gasteiger partial charge in [-0.3, -0.25) is 14.6 Å². The first-order valence-electron chi connectivity index (χ1n) is 12.0. The number of ether oxygens (including phenoxy) is 2. The Morgan fingerprint density at radius 2 is 1.94 bits per heavy atom. The lowest BCUT2D eigenvalue weighted by atomic mass is 9.84. The van der Waals surface area contributed by atoms with E-state index in [1.807, 2.05) is 54.6 Å². The van der Waals surface area contributed by atoms with Crippen molar-refractivity contribution in [2.24, 2.45) is 0 Å². The van der Waals surface area contributed by atoms with E-state index in [1.54, 1.807) is 25.1 Å². The number of pyridine rings is 1. The van der Waals surface area contributed by atoms with Crippen LogP contribution in [0.5, 0.6) is 5.75 Å². The number of amides is 2. The van der Waals surface area contributed by atoms with Gasteiger partial charge in [-0.2, -0.15) is 0 Å². The van der Waals surface area contributed by atoms with Gasteiger partial charge in [-0.05, 0) is 43.8 Å². The summed E-state index contributed by atoms with van der Waals surface area (Å²) in [6.45, 7) is 3.00. The van der Waals surface area contributed by atoms with Crippen LogP contribution in [0.25, 0.3) is 10.9 Å². The van der Waals surface area contributed by atoms with Gasteiger partial charge < -0.3 is 25.0 Å². The highest BCUT2D eigenvalue weighted by atomic mass is 16.5. The van der Waals surface area contributed by atoms with Crippen LogP contribution >= 0.6 is 0 Å². The maximum atomic E-state index is 14.3. The quantitative estimate of drug-likeness (QED) is 0.591. The molecule has 182 valence electrons. The molecular weight excluding hydrogens is 444 g/mol. The molecule has 2 amide bonds. The summed E-state index contributed by atoms with van der Waals surface area (Å²) in [5.74, 6) is 0.175. The first-order chi connectivity index (χ1) is 17.0. The van der Waals surface area contributed by atoms with Crippen LogP contribution in [0.15, 0.2) is 60.8 Å². The third-order valence-electron chi connectivity index (χ3n) is 7.02. The fourth-order valence-electron chi connectivity index (χ4n) is 4.88. The second-order valence-electron chi connectivity index (χ2n) is 9.11. The summed E-state index contributed by atoms with van der Waals surface area (Å²) in [7, 11) is 1.72. The van der Waals surface area contributed by atoms with Gasteiger partial charge in [0.05, 0.1) is 37.0 Å². The van der Waals surface area contributed by atoms with Crippen molar-refractivity contribution in [1.82, 2.24) is 15.6 Å². The summed E-state index contributed by atoms with van der Waals surface area (Å²) in [6.07, 6.45) is 2.76. The van der Waals surface area contributed by atoms with Crippen LogP contribution in [0.1, 0.15) is 25.3 Å². The van der Waals surface area contributed by atoms with E-state index in [2.05, 4.69) is 15.6 Å². The number of para-hydroxylation sites is 2. The molecule has 1 aromatic heterocycles. The molecule has 0 radical (unpaired) electrons. The van der Waals surface area contributed by atoms with E-state index in [4.69, 9.17) is 9.47 Å². The van der Waals surface area contributed by atoms with Crippen LogP contribution < -0.4 is 20.3 Å². The molecule has 2 aromatic carbocycles. The van der Waals surface area contributed by atoms with Crippen molar-refractivity contribution in [3.63, 3.8) is 0 Å². The van der Waals surface area contributed by atoms with E-state index >= 15 is 0 Å². The Labute approximate surface area is 204 Å². The molecule has 2 aliphatic heterocycles. The fourth-order valence-corrected chi connectivity index (χ4v) is 4.88.